The minimum Gasteiger partial charge on any atom is -0.294 e. The van der Waals surface area contributed by atoms with Crippen LogP contribution in [-0.4, -0.2) is 5.78 Å². The Kier molecular flexibility index (Phi) is 4.15. The summed E-state index contributed by atoms with van der Waals surface area (Å²) in [6, 6.07) is 9.75. The Morgan fingerprint density at radius 3 is 2.46 bits per heavy atom. The molecule has 0 N–H and O–H groups in total. The lowest BCUT2D eigenvalue weighted by Gasteiger charge is -2.02. The smallest absolute Gasteiger partial charge is 0.163 e. The molecule has 0 aliphatic carbocycles. The predicted molar refractivity (Wildman–Crippen MR) is 63.7 cm³/mol. The van der Waals surface area contributed by atoms with Crippen molar-refractivity contribution in [2.75, 3.05) is 0 Å². The topological polar surface area (TPSA) is 17.1 Å². The normalized spacial score (nSPS) is 11.4. The van der Waals surface area contributed by atoms with Gasteiger partial charge in [0.05, 0.1) is 0 Å². The van der Waals surface area contributed by atoms with Crippen molar-refractivity contribution >= 4 is 33.9 Å². The van der Waals surface area contributed by atoms with E-state index in [2.05, 4.69) is 22.6 Å². The fraction of sp³-hybridized carbons (Fsp3) is 0.182. The lowest BCUT2D eigenvalue weighted by Crippen LogP contribution is -1.98. The molecule has 0 bridgehead atoms. The summed E-state index contributed by atoms with van der Waals surface area (Å²) < 4.78 is 1.85. The van der Waals surface area contributed by atoms with Crippen LogP contribution in [0, 0.1) is 0 Å². The second kappa shape index (κ2) is 5.17. The number of rotatable bonds is 3. The standard InChI is InChI=1S/C11H11IO/c1-2-11(13)10(8-12)9-6-4-3-5-7-9/h3-8H,2H2,1H3/b10-8-. The number of benzene rings is 1. The fourth-order valence-corrected chi connectivity index (χ4v) is 1.80. The van der Waals surface area contributed by atoms with Crippen molar-refractivity contribution in [1.82, 2.24) is 0 Å². The molecule has 2 heteroatoms. The fourth-order valence-electron chi connectivity index (χ4n) is 1.09. The van der Waals surface area contributed by atoms with E-state index in [0.29, 0.717) is 6.42 Å². The third-order valence-electron chi connectivity index (χ3n) is 1.82. The molecule has 1 aromatic rings. The van der Waals surface area contributed by atoms with E-state index in [9.17, 15) is 4.79 Å². The van der Waals surface area contributed by atoms with Crippen molar-refractivity contribution in [2.24, 2.45) is 0 Å². The third kappa shape index (κ3) is 2.66. The van der Waals surface area contributed by atoms with Gasteiger partial charge in [-0.3, -0.25) is 4.79 Å². The van der Waals surface area contributed by atoms with Crippen LogP contribution in [0.3, 0.4) is 0 Å². The van der Waals surface area contributed by atoms with Gasteiger partial charge in [0.25, 0.3) is 0 Å². The summed E-state index contributed by atoms with van der Waals surface area (Å²) in [4.78, 5) is 11.5. The molecule has 0 unspecified atom stereocenters. The van der Waals surface area contributed by atoms with E-state index < -0.39 is 0 Å². The number of hydrogen-bond donors (Lipinski definition) is 0. The maximum absolute atomic E-state index is 11.5. The summed E-state index contributed by atoms with van der Waals surface area (Å²) in [5, 5.41) is 0. The van der Waals surface area contributed by atoms with Gasteiger partial charge < -0.3 is 0 Å². The van der Waals surface area contributed by atoms with Crippen molar-refractivity contribution in [3.05, 3.63) is 40.0 Å². The summed E-state index contributed by atoms with van der Waals surface area (Å²) >= 11 is 2.11. The number of carbonyl (C=O) groups is 1. The highest BCUT2D eigenvalue weighted by molar-refractivity contribution is 14.1. The van der Waals surface area contributed by atoms with Crippen LogP contribution in [0.1, 0.15) is 18.9 Å². The molecule has 68 valence electrons. The molecule has 0 amide bonds. The highest BCUT2D eigenvalue weighted by Gasteiger charge is 2.07. The Hall–Kier alpha value is -0.640. The summed E-state index contributed by atoms with van der Waals surface area (Å²) in [7, 11) is 0. The number of hydrogen-bond acceptors (Lipinski definition) is 1. The average molecular weight is 286 g/mol. The molecule has 0 spiro atoms. The van der Waals surface area contributed by atoms with Gasteiger partial charge >= 0.3 is 0 Å². The molecule has 0 heterocycles. The van der Waals surface area contributed by atoms with E-state index >= 15 is 0 Å². The Morgan fingerprint density at radius 1 is 1.38 bits per heavy atom. The molecule has 13 heavy (non-hydrogen) atoms. The van der Waals surface area contributed by atoms with E-state index in [1.165, 1.54) is 0 Å². The second-order valence-corrected chi connectivity index (χ2v) is 3.29. The maximum Gasteiger partial charge on any atom is 0.163 e. The molecule has 0 saturated heterocycles. The van der Waals surface area contributed by atoms with Crippen molar-refractivity contribution < 1.29 is 4.79 Å². The molecule has 0 aliphatic heterocycles. The zero-order valence-corrected chi connectivity index (χ0v) is 9.61. The summed E-state index contributed by atoms with van der Waals surface area (Å²) in [6.07, 6.45) is 0.559. The molecular formula is C11H11IO. The minimum absolute atomic E-state index is 0.195. The first-order valence-electron chi connectivity index (χ1n) is 4.18. The largest absolute Gasteiger partial charge is 0.294 e. The van der Waals surface area contributed by atoms with Gasteiger partial charge in [-0.25, -0.2) is 0 Å². The number of halogens is 1. The maximum atomic E-state index is 11.5. The predicted octanol–water partition coefficient (Wildman–Crippen LogP) is 3.44. The Morgan fingerprint density at radius 2 is 2.00 bits per heavy atom. The molecule has 0 atom stereocenters. The van der Waals surface area contributed by atoms with E-state index in [1.807, 2.05) is 41.3 Å². The molecule has 1 nitrogen and oxygen atoms in total. The lowest BCUT2D eigenvalue weighted by atomic mass is 10.0. The Balaban J connectivity index is 3.00. The summed E-state index contributed by atoms with van der Waals surface area (Å²) in [5.74, 6) is 0.195. The van der Waals surface area contributed by atoms with Crippen LogP contribution in [0.5, 0.6) is 0 Å². The Labute approximate surface area is 92.0 Å². The number of allylic oxidation sites excluding steroid dienone is 1. The third-order valence-corrected chi connectivity index (χ3v) is 2.44. The van der Waals surface area contributed by atoms with Gasteiger partial charge in [-0.2, -0.15) is 0 Å². The molecule has 0 radical (unpaired) electrons. The number of ketones is 1. The van der Waals surface area contributed by atoms with Crippen LogP contribution in [-0.2, 0) is 4.79 Å². The van der Waals surface area contributed by atoms with Gasteiger partial charge in [0.2, 0.25) is 0 Å². The average Bonchev–Trinajstić information content (AvgIpc) is 2.20. The highest BCUT2D eigenvalue weighted by atomic mass is 127. The summed E-state index contributed by atoms with van der Waals surface area (Å²) in [5.41, 5.74) is 1.81. The quantitative estimate of drug-likeness (QED) is 0.614. The zero-order chi connectivity index (χ0) is 9.68. The van der Waals surface area contributed by atoms with Gasteiger partial charge in [0.15, 0.2) is 5.78 Å². The van der Waals surface area contributed by atoms with Crippen LogP contribution >= 0.6 is 22.6 Å². The first-order valence-corrected chi connectivity index (χ1v) is 5.43. The van der Waals surface area contributed by atoms with Crippen LogP contribution in [0.15, 0.2) is 34.4 Å². The van der Waals surface area contributed by atoms with Crippen molar-refractivity contribution in [3.8, 4) is 0 Å². The van der Waals surface area contributed by atoms with E-state index in [-0.39, 0.29) is 5.78 Å². The van der Waals surface area contributed by atoms with E-state index in [1.54, 1.807) is 0 Å². The van der Waals surface area contributed by atoms with Crippen LogP contribution in [0.4, 0.5) is 0 Å². The molecule has 0 fully saturated rings. The molecule has 1 aromatic carbocycles. The molecular weight excluding hydrogens is 275 g/mol. The van der Waals surface area contributed by atoms with Gasteiger partial charge in [0.1, 0.15) is 0 Å². The van der Waals surface area contributed by atoms with Crippen molar-refractivity contribution in [2.45, 2.75) is 13.3 Å². The van der Waals surface area contributed by atoms with E-state index in [0.717, 1.165) is 11.1 Å². The second-order valence-electron chi connectivity index (χ2n) is 2.67. The number of carbonyl (C=O) groups excluding carboxylic acids is 1. The number of Topliss-reactive ketones (excluding diaryl/α,β-unsaturated/α-hetero) is 1. The van der Waals surface area contributed by atoms with Crippen LogP contribution < -0.4 is 0 Å². The minimum atomic E-state index is 0.195. The van der Waals surface area contributed by atoms with Gasteiger partial charge in [-0.15, -0.1) is 0 Å². The van der Waals surface area contributed by atoms with Gasteiger partial charge in [-0.05, 0) is 9.65 Å². The molecule has 1 rings (SSSR count). The monoisotopic (exact) mass is 286 g/mol. The first-order chi connectivity index (χ1) is 6.29. The van der Waals surface area contributed by atoms with Gasteiger partial charge in [0, 0.05) is 12.0 Å². The zero-order valence-electron chi connectivity index (χ0n) is 7.46. The lowest BCUT2D eigenvalue weighted by molar-refractivity contribution is -0.113. The van der Waals surface area contributed by atoms with Crippen LogP contribution in [0.2, 0.25) is 0 Å². The van der Waals surface area contributed by atoms with Crippen molar-refractivity contribution in [1.29, 1.82) is 0 Å². The van der Waals surface area contributed by atoms with Crippen LogP contribution in [0.25, 0.3) is 5.57 Å². The summed E-state index contributed by atoms with van der Waals surface area (Å²) in [6.45, 7) is 1.88. The first kappa shape index (κ1) is 10.4. The molecule has 0 aromatic heterocycles. The SMILES string of the molecule is CCC(=O)/C(=C\I)c1ccccc1. The Bertz CT molecular complexity index is 314. The highest BCUT2D eigenvalue weighted by Crippen LogP contribution is 2.18. The molecule has 0 aliphatic rings. The van der Waals surface area contributed by atoms with E-state index in [4.69, 9.17) is 0 Å². The molecule has 0 saturated carbocycles. The van der Waals surface area contributed by atoms with Gasteiger partial charge in [-0.1, -0.05) is 59.8 Å². The van der Waals surface area contributed by atoms with Crippen molar-refractivity contribution in [3.63, 3.8) is 0 Å².